The monoisotopic (exact) mass is 299 g/mol. The number of hydrogen-bond donors (Lipinski definition) is 2. The largest absolute Gasteiger partial charge is 0.506 e. The summed E-state index contributed by atoms with van der Waals surface area (Å²) in [7, 11) is 1.71. The third kappa shape index (κ3) is 2.89. The van der Waals surface area contributed by atoms with E-state index in [0.29, 0.717) is 28.0 Å². The molecule has 0 fully saturated rings. The maximum Gasteiger partial charge on any atom is 0.275 e. The molecule has 5 nitrogen and oxygen atoms in total. The summed E-state index contributed by atoms with van der Waals surface area (Å²) in [6.07, 6.45) is 0. The molecule has 0 radical (unpaired) electrons. The first-order chi connectivity index (χ1) is 9.02. The fraction of sp³-hybridized carbons (Fsp3) is 0.167. The van der Waals surface area contributed by atoms with Crippen LogP contribution < -0.4 is 10.9 Å². The predicted octanol–water partition coefficient (Wildman–Crippen LogP) is 1.96. The molecule has 1 aromatic carbocycles. The summed E-state index contributed by atoms with van der Waals surface area (Å²) in [5.41, 5.74) is 0.295. The van der Waals surface area contributed by atoms with Gasteiger partial charge in [0.05, 0.1) is 10.7 Å². The molecule has 0 amide bonds. The van der Waals surface area contributed by atoms with E-state index in [1.54, 1.807) is 19.2 Å². The summed E-state index contributed by atoms with van der Waals surface area (Å²) < 4.78 is 1.13. The van der Waals surface area contributed by atoms with Crippen LogP contribution >= 0.6 is 23.2 Å². The zero-order valence-corrected chi connectivity index (χ0v) is 11.5. The lowest BCUT2D eigenvalue weighted by Crippen LogP contribution is -2.23. The van der Waals surface area contributed by atoms with Gasteiger partial charge in [-0.15, -0.1) is 0 Å². The van der Waals surface area contributed by atoms with E-state index >= 15 is 0 Å². The Bertz CT molecular complexity index is 671. The van der Waals surface area contributed by atoms with Crippen molar-refractivity contribution >= 4 is 23.2 Å². The van der Waals surface area contributed by atoms with Crippen molar-refractivity contribution in [3.63, 3.8) is 0 Å². The minimum Gasteiger partial charge on any atom is -0.506 e. The molecular formula is C12H11Cl2N3O2. The molecular weight excluding hydrogens is 289 g/mol. The van der Waals surface area contributed by atoms with Crippen LogP contribution in [0.15, 0.2) is 29.1 Å². The fourth-order valence-corrected chi connectivity index (χ4v) is 2.09. The summed E-state index contributed by atoms with van der Waals surface area (Å²) >= 11 is 11.9. The molecule has 0 aliphatic heterocycles. The van der Waals surface area contributed by atoms with Crippen molar-refractivity contribution in [1.29, 1.82) is 0 Å². The number of aromatic nitrogens is 2. The molecule has 0 spiro atoms. The third-order valence-corrected chi connectivity index (χ3v) is 3.01. The molecule has 0 saturated heterocycles. The predicted molar refractivity (Wildman–Crippen MR) is 74.3 cm³/mol. The van der Waals surface area contributed by atoms with E-state index in [0.717, 1.165) is 10.7 Å². The van der Waals surface area contributed by atoms with E-state index < -0.39 is 5.56 Å². The first-order valence-electron chi connectivity index (χ1n) is 5.45. The number of benzene rings is 1. The lowest BCUT2D eigenvalue weighted by Gasteiger charge is -2.10. The van der Waals surface area contributed by atoms with Crippen molar-refractivity contribution in [2.45, 2.75) is 6.54 Å². The van der Waals surface area contributed by atoms with Gasteiger partial charge in [0.2, 0.25) is 0 Å². The van der Waals surface area contributed by atoms with E-state index in [1.807, 2.05) is 0 Å². The van der Waals surface area contributed by atoms with Crippen LogP contribution in [0.5, 0.6) is 5.75 Å². The quantitative estimate of drug-likeness (QED) is 0.909. The number of hydrogen-bond acceptors (Lipinski definition) is 4. The lowest BCUT2D eigenvalue weighted by atomic mass is 10.3. The van der Waals surface area contributed by atoms with Crippen LogP contribution in [0.1, 0.15) is 5.69 Å². The van der Waals surface area contributed by atoms with Crippen molar-refractivity contribution in [3.8, 4) is 11.4 Å². The highest BCUT2D eigenvalue weighted by molar-refractivity contribution is 6.35. The second kappa shape index (κ2) is 5.61. The summed E-state index contributed by atoms with van der Waals surface area (Å²) in [4.78, 5) is 11.9. The standard InChI is InChI=1S/C12H11Cl2N3O2/c1-15-6-9-11(18)5-12(19)17(16-9)10-3-2-7(13)4-8(10)14/h2-5,15,18H,6H2,1H3. The molecule has 1 heterocycles. The molecule has 0 aliphatic rings. The molecule has 0 atom stereocenters. The van der Waals surface area contributed by atoms with Gasteiger partial charge in [0.15, 0.2) is 0 Å². The summed E-state index contributed by atoms with van der Waals surface area (Å²) in [5.74, 6) is -0.152. The van der Waals surface area contributed by atoms with Gasteiger partial charge < -0.3 is 10.4 Å². The number of aromatic hydroxyl groups is 1. The zero-order valence-electron chi connectivity index (χ0n) is 10.0. The SMILES string of the molecule is CNCc1nn(-c2ccc(Cl)cc2Cl)c(=O)cc1O. The van der Waals surface area contributed by atoms with E-state index in [1.165, 1.54) is 6.07 Å². The topological polar surface area (TPSA) is 67.2 Å². The van der Waals surface area contributed by atoms with E-state index in [4.69, 9.17) is 23.2 Å². The van der Waals surface area contributed by atoms with Gasteiger partial charge in [-0.2, -0.15) is 9.78 Å². The Balaban J connectivity index is 2.61. The molecule has 2 N–H and O–H groups in total. The van der Waals surface area contributed by atoms with Gasteiger partial charge in [-0.05, 0) is 25.2 Å². The molecule has 100 valence electrons. The van der Waals surface area contributed by atoms with Crippen molar-refractivity contribution in [2.75, 3.05) is 7.05 Å². The Morgan fingerprint density at radius 1 is 1.37 bits per heavy atom. The van der Waals surface area contributed by atoms with Crippen molar-refractivity contribution in [3.05, 3.63) is 50.4 Å². The zero-order chi connectivity index (χ0) is 14.0. The second-order valence-corrected chi connectivity index (χ2v) is 4.70. The molecule has 2 aromatic rings. The minimum absolute atomic E-state index is 0.152. The average Bonchev–Trinajstić information content (AvgIpc) is 2.34. The van der Waals surface area contributed by atoms with Gasteiger partial charge >= 0.3 is 0 Å². The molecule has 1 aromatic heterocycles. The molecule has 0 aliphatic carbocycles. The molecule has 19 heavy (non-hydrogen) atoms. The first kappa shape index (κ1) is 13.9. The van der Waals surface area contributed by atoms with Crippen molar-refractivity contribution in [1.82, 2.24) is 15.1 Å². The Hall–Kier alpha value is -1.56. The fourth-order valence-electron chi connectivity index (χ4n) is 1.60. The molecule has 0 saturated carbocycles. The highest BCUT2D eigenvalue weighted by atomic mass is 35.5. The van der Waals surface area contributed by atoms with Crippen LogP contribution in [0.3, 0.4) is 0 Å². The van der Waals surface area contributed by atoms with Gasteiger partial charge in [0, 0.05) is 17.6 Å². The smallest absolute Gasteiger partial charge is 0.275 e. The molecule has 7 heteroatoms. The van der Waals surface area contributed by atoms with Crippen molar-refractivity contribution < 1.29 is 5.11 Å². The third-order valence-electron chi connectivity index (χ3n) is 2.47. The van der Waals surface area contributed by atoms with Gasteiger partial charge in [-0.25, -0.2) is 0 Å². The van der Waals surface area contributed by atoms with Crippen LogP contribution in [0.4, 0.5) is 0 Å². The summed E-state index contributed by atoms with van der Waals surface area (Å²) in [5, 5.41) is 17.4. The maximum absolute atomic E-state index is 11.9. The molecule has 0 unspecified atom stereocenters. The summed E-state index contributed by atoms with van der Waals surface area (Å²) in [6, 6.07) is 5.84. The van der Waals surface area contributed by atoms with Gasteiger partial charge in [0.25, 0.3) is 5.56 Å². The molecule has 2 rings (SSSR count). The lowest BCUT2D eigenvalue weighted by molar-refractivity contribution is 0.454. The van der Waals surface area contributed by atoms with Crippen LogP contribution in [0.2, 0.25) is 10.0 Å². The second-order valence-electron chi connectivity index (χ2n) is 3.85. The normalized spacial score (nSPS) is 10.7. The Kier molecular flexibility index (Phi) is 4.09. The number of nitrogens with zero attached hydrogens (tertiary/aromatic N) is 2. The van der Waals surface area contributed by atoms with Crippen LogP contribution in [-0.4, -0.2) is 21.9 Å². The van der Waals surface area contributed by atoms with E-state index in [-0.39, 0.29) is 5.75 Å². The number of halogens is 2. The Labute approximate surface area is 119 Å². The summed E-state index contributed by atoms with van der Waals surface area (Å²) in [6.45, 7) is 0.331. The minimum atomic E-state index is -0.471. The Morgan fingerprint density at radius 2 is 2.11 bits per heavy atom. The van der Waals surface area contributed by atoms with E-state index in [2.05, 4.69) is 10.4 Å². The molecule has 0 bridgehead atoms. The van der Waals surface area contributed by atoms with Crippen molar-refractivity contribution in [2.24, 2.45) is 0 Å². The highest BCUT2D eigenvalue weighted by Gasteiger charge is 2.11. The van der Waals surface area contributed by atoms with Crippen LogP contribution in [-0.2, 0) is 6.54 Å². The van der Waals surface area contributed by atoms with E-state index in [9.17, 15) is 9.90 Å². The number of nitrogens with one attached hydrogen (secondary N) is 1. The highest BCUT2D eigenvalue weighted by Crippen LogP contribution is 2.23. The van der Waals surface area contributed by atoms with Crippen LogP contribution in [0, 0.1) is 0 Å². The van der Waals surface area contributed by atoms with Crippen LogP contribution in [0.25, 0.3) is 5.69 Å². The number of rotatable bonds is 3. The van der Waals surface area contributed by atoms with Gasteiger partial charge in [-0.1, -0.05) is 23.2 Å². The Morgan fingerprint density at radius 3 is 2.74 bits per heavy atom. The average molecular weight is 300 g/mol. The van der Waals surface area contributed by atoms with Gasteiger partial charge in [-0.3, -0.25) is 4.79 Å². The van der Waals surface area contributed by atoms with Gasteiger partial charge in [0.1, 0.15) is 11.4 Å². The first-order valence-corrected chi connectivity index (χ1v) is 6.20. The maximum atomic E-state index is 11.9.